The summed E-state index contributed by atoms with van der Waals surface area (Å²) in [7, 11) is 4.29. The summed E-state index contributed by atoms with van der Waals surface area (Å²) in [5, 5.41) is 4.39. The third kappa shape index (κ3) is 4.97. The van der Waals surface area contributed by atoms with Crippen molar-refractivity contribution >= 4 is 17.9 Å². The first-order valence-electron chi connectivity index (χ1n) is 8.00. The van der Waals surface area contributed by atoms with E-state index in [9.17, 15) is 14.4 Å². The number of esters is 1. The molecule has 2 aromatic carbocycles. The van der Waals surface area contributed by atoms with Crippen LogP contribution in [0.5, 0.6) is 11.5 Å². The molecule has 0 fully saturated rings. The molecule has 0 unspecified atom stereocenters. The fourth-order valence-electron chi connectivity index (χ4n) is 2.28. The van der Waals surface area contributed by atoms with Crippen molar-refractivity contribution in [2.75, 3.05) is 21.3 Å². The van der Waals surface area contributed by atoms with E-state index in [1.54, 1.807) is 36.4 Å². The van der Waals surface area contributed by atoms with Gasteiger partial charge < -0.3 is 19.5 Å². The van der Waals surface area contributed by atoms with Gasteiger partial charge in [-0.2, -0.15) is 0 Å². The molecule has 0 heterocycles. The number of benzene rings is 2. The van der Waals surface area contributed by atoms with Crippen LogP contribution in [-0.2, 0) is 9.53 Å². The van der Waals surface area contributed by atoms with Crippen molar-refractivity contribution in [1.82, 2.24) is 10.6 Å². The van der Waals surface area contributed by atoms with Crippen LogP contribution in [0.3, 0.4) is 0 Å². The van der Waals surface area contributed by atoms with Gasteiger partial charge in [0.05, 0.1) is 19.8 Å². The molecule has 0 bridgehead atoms. The Hall–Kier alpha value is -3.55. The van der Waals surface area contributed by atoms with Crippen LogP contribution in [0.1, 0.15) is 22.0 Å². The Morgan fingerprint density at radius 1 is 0.926 bits per heavy atom. The lowest BCUT2D eigenvalue weighted by molar-refractivity contribution is -0.129. The Balaban J connectivity index is 2.28. The number of rotatable bonds is 6. The van der Waals surface area contributed by atoms with Gasteiger partial charge in [-0.25, -0.2) is 9.59 Å². The average Bonchev–Trinajstić information content (AvgIpc) is 2.71. The van der Waals surface area contributed by atoms with Crippen LogP contribution in [0.2, 0.25) is 0 Å². The van der Waals surface area contributed by atoms with Gasteiger partial charge in [-0.3, -0.25) is 10.1 Å². The molecule has 3 amide bonds. The van der Waals surface area contributed by atoms with Gasteiger partial charge in [0.25, 0.3) is 5.91 Å². The number of nitrogens with one attached hydrogen (secondary N) is 2. The van der Waals surface area contributed by atoms with Crippen molar-refractivity contribution in [2.45, 2.75) is 6.10 Å². The van der Waals surface area contributed by atoms with Gasteiger partial charge >= 0.3 is 12.0 Å². The predicted octanol–water partition coefficient (Wildman–Crippen LogP) is 2.06. The minimum atomic E-state index is -1.30. The Morgan fingerprint density at radius 3 is 2.19 bits per heavy atom. The zero-order valence-electron chi connectivity index (χ0n) is 15.1. The molecule has 2 N–H and O–H groups in total. The highest BCUT2D eigenvalue weighted by Crippen LogP contribution is 2.29. The normalized spacial score (nSPS) is 11.1. The van der Waals surface area contributed by atoms with E-state index in [1.165, 1.54) is 33.4 Å². The number of hydrogen-bond acceptors (Lipinski definition) is 6. The number of ether oxygens (including phenoxy) is 3. The first kappa shape index (κ1) is 19.8. The Morgan fingerprint density at radius 2 is 1.59 bits per heavy atom. The molecule has 0 aliphatic rings. The number of methoxy groups -OCH3 is 2. The van der Waals surface area contributed by atoms with Gasteiger partial charge in [0.2, 0.25) is 6.10 Å². The smallest absolute Gasteiger partial charge is 0.339 e. The van der Waals surface area contributed by atoms with Gasteiger partial charge in [0.1, 0.15) is 0 Å². The number of carbonyl (C=O) groups is 3. The van der Waals surface area contributed by atoms with Gasteiger partial charge in [-0.15, -0.1) is 0 Å². The number of amides is 3. The second-order valence-corrected chi connectivity index (χ2v) is 5.33. The molecule has 2 rings (SSSR count). The van der Waals surface area contributed by atoms with Crippen molar-refractivity contribution in [1.29, 1.82) is 0 Å². The van der Waals surface area contributed by atoms with Gasteiger partial charge in [0.15, 0.2) is 11.5 Å². The maximum atomic E-state index is 12.6. The molecule has 0 aliphatic heterocycles. The molecule has 0 radical (unpaired) electrons. The van der Waals surface area contributed by atoms with Crippen molar-refractivity contribution in [3.63, 3.8) is 0 Å². The Labute approximate surface area is 156 Å². The van der Waals surface area contributed by atoms with Crippen LogP contribution in [-0.4, -0.2) is 39.2 Å². The molecule has 27 heavy (non-hydrogen) atoms. The monoisotopic (exact) mass is 372 g/mol. The highest BCUT2D eigenvalue weighted by molar-refractivity contribution is 5.99. The number of hydrogen-bond donors (Lipinski definition) is 2. The van der Waals surface area contributed by atoms with Crippen molar-refractivity contribution < 1.29 is 28.6 Å². The standard InChI is InChI=1S/C19H20N2O6/c1-20-19(24)21-17(22)16(12-7-5-4-6-8-12)27-18(23)13-9-10-14(25-2)15(11-13)26-3/h4-11,16H,1-3H3,(H2,20,21,22,24)/t16-/m1/s1. The van der Waals surface area contributed by atoms with E-state index in [0.717, 1.165) is 0 Å². The SMILES string of the molecule is CNC(=O)NC(=O)[C@H](OC(=O)c1ccc(OC)c(OC)c1)c1ccccc1. The molecule has 8 nitrogen and oxygen atoms in total. The molecule has 0 aliphatic carbocycles. The predicted molar refractivity (Wildman–Crippen MR) is 96.7 cm³/mol. The summed E-state index contributed by atoms with van der Waals surface area (Å²) in [6, 6.07) is 12.2. The number of imide groups is 1. The third-order valence-corrected chi connectivity index (χ3v) is 3.65. The molecule has 2 aromatic rings. The largest absolute Gasteiger partial charge is 0.493 e. The van der Waals surface area contributed by atoms with Gasteiger partial charge in [-0.1, -0.05) is 30.3 Å². The summed E-state index contributed by atoms with van der Waals surface area (Å²) in [5.74, 6) is -0.727. The summed E-state index contributed by atoms with van der Waals surface area (Å²) >= 11 is 0. The first-order valence-corrected chi connectivity index (χ1v) is 8.00. The maximum Gasteiger partial charge on any atom is 0.339 e. The summed E-state index contributed by atoms with van der Waals surface area (Å²) in [5.41, 5.74) is 0.592. The van der Waals surface area contributed by atoms with E-state index in [-0.39, 0.29) is 5.56 Å². The van der Waals surface area contributed by atoms with Gasteiger partial charge in [0, 0.05) is 12.6 Å². The zero-order valence-corrected chi connectivity index (χ0v) is 15.1. The number of carbonyl (C=O) groups excluding carboxylic acids is 3. The minimum absolute atomic E-state index is 0.168. The van der Waals surface area contributed by atoms with Crippen LogP contribution in [0.4, 0.5) is 4.79 Å². The molecule has 0 spiro atoms. The van der Waals surface area contributed by atoms with E-state index >= 15 is 0 Å². The molecule has 0 saturated carbocycles. The molecular formula is C19H20N2O6. The lowest BCUT2D eigenvalue weighted by Gasteiger charge is -2.18. The Kier molecular flexibility index (Phi) is 6.76. The van der Waals surface area contributed by atoms with Crippen molar-refractivity contribution in [3.05, 3.63) is 59.7 Å². The quantitative estimate of drug-likeness (QED) is 0.753. The van der Waals surface area contributed by atoms with E-state index in [4.69, 9.17) is 14.2 Å². The summed E-state index contributed by atoms with van der Waals surface area (Å²) in [6.45, 7) is 0. The van der Waals surface area contributed by atoms with E-state index in [0.29, 0.717) is 17.1 Å². The van der Waals surface area contributed by atoms with E-state index < -0.39 is 24.0 Å². The van der Waals surface area contributed by atoms with Crippen LogP contribution < -0.4 is 20.1 Å². The molecule has 142 valence electrons. The zero-order chi connectivity index (χ0) is 19.8. The average molecular weight is 372 g/mol. The van der Waals surface area contributed by atoms with Crippen LogP contribution in [0.25, 0.3) is 0 Å². The maximum absolute atomic E-state index is 12.6. The fraction of sp³-hybridized carbons (Fsp3) is 0.211. The van der Waals surface area contributed by atoms with E-state index in [1.807, 2.05) is 0 Å². The topological polar surface area (TPSA) is 103 Å². The number of urea groups is 1. The highest BCUT2D eigenvalue weighted by Gasteiger charge is 2.27. The summed E-state index contributed by atoms with van der Waals surface area (Å²) < 4.78 is 15.7. The minimum Gasteiger partial charge on any atom is -0.493 e. The Bertz CT molecular complexity index is 822. The third-order valence-electron chi connectivity index (χ3n) is 3.65. The van der Waals surface area contributed by atoms with Gasteiger partial charge in [-0.05, 0) is 18.2 Å². The van der Waals surface area contributed by atoms with Crippen LogP contribution >= 0.6 is 0 Å². The lowest BCUT2D eigenvalue weighted by atomic mass is 10.1. The molecule has 0 saturated heterocycles. The second kappa shape index (κ2) is 9.23. The molecular weight excluding hydrogens is 352 g/mol. The van der Waals surface area contributed by atoms with Crippen LogP contribution in [0, 0.1) is 0 Å². The van der Waals surface area contributed by atoms with Crippen LogP contribution in [0.15, 0.2) is 48.5 Å². The first-order chi connectivity index (χ1) is 13.0. The second-order valence-electron chi connectivity index (χ2n) is 5.33. The van der Waals surface area contributed by atoms with Crippen molar-refractivity contribution in [3.8, 4) is 11.5 Å². The highest BCUT2D eigenvalue weighted by atomic mass is 16.5. The summed E-state index contributed by atoms with van der Waals surface area (Å²) in [4.78, 5) is 36.4. The van der Waals surface area contributed by atoms with Crippen molar-refractivity contribution in [2.24, 2.45) is 0 Å². The molecule has 0 aromatic heterocycles. The van der Waals surface area contributed by atoms with E-state index in [2.05, 4.69) is 10.6 Å². The molecule has 1 atom stereocenters. The fourth-order valence-corrected chi connectivity index (χ4v) is 2.28. The summed E-state index contributed by atoms with van der Waals surface area (Å²) in [6.07, 6.45) is -1.30. The lowest BCUT2D eigenvalue weighted by Crippen LogP contribution is -2.41. The molecule has 8 heteroatoms.